The van der Waals surface area contributed by atoms with Gasteiger partial charge in [0.25, 0.3) is 0 Å². The highest BCUT2D eigenvalue weighted by molar-refractivity contribution is 6.39. The number of benzene rings is 2. The fourth-order valence-corrected chi connectivity index (χ4v) is 6.33. The molecule has 0 spiro atoms. The number of rotatable bonds is 17. The quantitative estimate of drug-likeness (QED) is 0.114. The first kappa shape index (κ1) is 36.1. The van der Waals surface area contributed by atoms with Crippen LogP contribution in [0.2, 0.25) is 10.0 Å². The molecule has 1 fully saturated rings. The highest BCUT2D eigenvalue weighted by Gasteiger charge is 2.22. The highest BCUT2D eigenvalue weighted by Crippen LogP contribution is 2.42. The Morgan fingerprint density at radius 2 is 1.45 bits per heavy atom. The van der Waals surface area contributed by atoms with Gasteiger partial charge in [0.05, 0.1) is 48.0 Å². The van der Waals surface area contributed by atoms with Gasteiger partial charge in [-0.25, -0.2) is 9.97 Å². The molecule has 0 bridgehead atoms. The lowest BCUT2D eigenvalue weighted by Crippen LogP contribution is -2.36. The summed E-state index contributed by atoms with van der Waals surface area (Å²) < 4.78 is 11.2. The second-order valence-corrected chi connectivity index (χ2v) is 12.3. The maximum absolute atomic E-state index is 11.5. The van der Waals surface area contributed by atoms with Gasteiger partial charge in [0.1, 0.15) is 17.7 Å². The Morgan fingerprint density at radius 3 is 1.94 bits per heavy atom. The Hall–Kier alpha value is -4.20. The van der Waals surface area contributed by atoms with Crippen LogP contribution < -0.4 is 30.7 Å². The van der Waals surface area contributed by atoms with E-state index in [9.17, 15) is 9.59 Å². The molecule has 1 aliphatic heterocycles. The molecule has 258 valence electrons. The first-order chi connectivity index (χ1) is 23.9. The van der Waals surface area contributed by atoms with E-state index in [0.717, 1.165) is 19.1 Å². The van der Waals surface area contributed by atoms with Crippen LogP contribution in [-0.4, -0.2) is 78.6 Å². The van der Waals surface area contributed by atoms with E-state index in [1.165, 1.54) is 0 Å². The molecule has 2 aromatic heterocycles. The predicted molar refractivity (Wildman–Crippen MR) is 190 cm³/mol. The minimum absolute atomic E-state index is 0.0794. The smallest absolute Gasteiger partial charge is 0.237 e. The molecule has 4 aromatic rings. The average Bonchev–Trinajstić information content (AvgIpc) is 3.54. The monoisotopic (exact) mass is 706 g/mol. The van der Waals surface area contributed by atoms with Crippen LogP contribution in [-0.2, 0) is 22.7 Å². The van der Waals surface area contributed by atoms with Crippen molar-refractivity contribution in [1.82, 2.24) is 41.2 Å². The molecule has 3 heterocycles. The molecule has 0 saturated carbocycles. The number of carbonyl (C=O) groups is 2. The van der Waals surface area contributed by atoms with Crippen LogP contribution in [0.3, 0.4) is 0 Å². The maximum Gasteiger partial charge on any atom is 0.237 e. The van der Waals surface area contributed by atoms with Crippen LogP contribution >= 0.6 is 23.2 Å². The van der Waals surface area contributed by atoms with E-state index >= 15 is 0 Å². The van der Waals surface area contributed by atoms with Crippen LogP contribution in [0.1, 0.15) is 37.1 Å². The third-order valence-electron chi connectivity index (χ3n) is 8.34. The van der Waals surface area contributed by atoms with Crippen molar-refractivity contribution in [2.24, 2.45) is 0 Å². The van der Waals surface area contributed by atoms with E-state index < -0.39 is 0 Å². The minimum atomic E-state index is 0.0794. The topological polar surface area (TPSA) is 152 Å². The Labute approximate surface area is 295 Å². The summed E-state index contributed by atoms with van der Waals surface area (Å²) in [6, 6.07) is 11.6. The van der Waals surface area contributed by atoms with Crippen molar-refractivity contribution in [3.8, 4) is 45.4 Å². The fourth-order valence-electron chi connectivity index (χ4n) is 5.68. The molecule has 0 radical (unpaired) electrons. The van der Waals surface area contributed by atoms with Crippen molar-refractivity contribution in [1.29, 1.82) is 0 Å². The number of carbonyl (C=O) groups excluding carboxylic acids is 2. The molecule has 2 aromatic carbocycles. The molecule has 4 N–H and O–H groups in total. The lowest BCUT2D eigenvalue weighted by atomic mass is 9.98. The van der Waals surface area contributed by atoms with E-state index in [2.05, 4.69) is 31.2 Å². The third kappa shape index (κ3) is 8.89. The van der Waals surface area contributed by atoms with Crippen molar-refractivity contribution in [2.45, 2.75) is 50.9 Å². The van der Waals surface area contributed by atoms with Crippen LogP contribution in [0.15, 0.2) is 48.8 Å². The number of ether oxygens (including phenoxy) is 2. The lowest BCUT2D eigenvalue weighted by molar-refractivity contribution is -0.119. The van der Waals surface area contributed by atoms with Crippen LogP contribution in [0.5, 0.6) is 11.8 Å². The molecule has 5 rings (SSSR count). The average molecular weight is 708 g/mol. The van der Waals surface area contributed by atoms with Gasteiger partial charge in [0, 0.05) is 73.4 Å². The summed E-state index contributed by atoms with van der Waals surface area (Å²) in [5, 5.41) is 13.8. The summed E-state index contributed by atoms with van der Waals surface area (Å²) in [6.45, 7) is 2.17. The molecular weight excluding hydrogens is 667 g/mol. The van der Waals surface area contributed by atoms with E-state index in [-0.39, 0.29) is 18.0 Å². The summed E-state index contributed by atoms with van der Waals surface area (Å²) in [5.74, 6) is 0.848. The minimum Gasteiger partial charge on any atom is -0.480 e. The molecular formula is C35H40Cl2N8O4. The van der Waals surface area contributed by atoms with Gasteiger partial charge in [0.15, 0.2) is 0 Å². The van der Waals surface area contributed by atoms with Gasteiger partial charge < -0.3 is 35.5 Å². The molecule has 1 aliphatic rings. The Bertz CT molecular complexity index is 1780. The summed E-state index contributed by atoms with van der Waals surface area (Å²) in [6.07, 6.45) is 6.87. The van der Waals surface area contributed by atoms with Crippen molar-refractivity contribution in [2.75, 3.05) is 34.4 Å². The molecule has 1 saturated heterocycles. The number of hydrogen-bond acceptors (Lipinski definition) is 11. The van der Waals surface area contributed by atoms with Crippen molar-refractivity contribution in [3.05, 3.63) is 70.2 Å². The van der Waals surface area contributed by atoms with Gasteiger partial charge in [-0.2, -0.15) is 0 Å². The predicted octanol–water partition coefficient (Wildman–Crippen LogP) is 4.62. The van der Waals surface area contributed by atoms with E-state index in [0.29, 0.717) is 106 Å². The Balaban J connectivity index is 1.34. The largest absolute Gasteiger partial charge is 0.480 e. The second kappa shape index (κ2) is 17.5. The van der Waals surface area contributed by atoms with Gasteiger partial charge in [0.2, 0.25) is 17.7 Å². The number of amides is 1. The van der Waals surface area contributed by atoms with Gasteiger partial charge in [-0.1, -0.05) is 59.6 Å². The zero-order valence-electron chi connectivity index (χ0n) is 27.7. The highest BCUT2D eigenvalue weighted by atomic mass is 35.5. The third-order valence-corrected chi connectivity index (χ3v) is 9.16. The van der Waals surface area contributed by atoms with E-state index in [4.69, 9.17) is 42.6 Å². The van der Waals surface area contributed by atoms with Gasteiger partial charge >= 0.3 is 0 Å². The number of aldehydes is 1. The molecule has 2 unspecified atom stereocenters. The number of aromatic nitrogens is 4. The van der Waals surface area contributed by atoms with Gasteiger partial charge in [-0.15, -0.1) is 0 Å². The first-order valence-corrected chi connectivity index (χ1v) is 16.8. The molecule has 1 amide bonds. The van der Waals surface area contributed by atoms with Crippen LogP contribution in [0.4, 0.5) is 0 Å². The summed E-state index contributed by atoms with van der Waals surface area (Å²) in [5.41, 5.74) is 5.17. The summed E-state index contributed by atoms with van der Waals surface area (Å²) in [4.78, 5) is 40.9. The number of nitrogens with one attached hydrogen (secondary N) is 4. The number of hydrogen-bond donors (Lipinski definition) is 4. The van der Waals surface area contributed by atoms with Crippen molar-refractivity contribution < 1.29 is 19.1 Å². The number of halogens is 2. The second-order valence-electron chi connectivity index (χ2n) is 11.6. The zero-order chi connectivity index (χ0) is 34.8. The number of likely N-dealkylation sites (N-methyl/N-ethyl adjacent to an activating group) is 1. The first-order valence-electron chi connectivity index (χ1n) is 16.1. The molecule has 2 atom stereocenters. The van der Waals surface area contributed by atoms with E-state index in [1.54, 1.807) is 26.6 Å². The summed E-state index contributed by atoms with van der Waals surface area (Å²) >= 11 is 14.1. The molecule has 12 nitrogen and oxygen atoms in total. The van der Waals surface area contributed by atoms with Crippen LogP contribution in [0, 0.1) is 0 Å². The SMILES string of the molecule is CNC(CCC=O)CNCc1ncc(-c2cccc(-c3cccc(-c4cnc(CNCC5CCC(=O)N5)c(OC)n4)c3Cl)c2Cl)nc1OC. The van der Waals surface area contributed by atoms with Crippen LogP contribution in [0.25, 0.3) is 33.6 Å². The Morgan fingerprint density at radius 1 is 0.898 bits per heavy atom. The fraction of sp³-hybridized carbons (Fsp3) is 0.371. The van der Waals surface area contributed by atoms with Crippen molar-refractivity contribution >= 4 is 35.4 Å². The van der Waals surface area contributed by atoms with Gasteiger partial charge in [-0.3, -0.25) is 14.8 Å². The summed E-state index contributed by atoms with van der Waals surface area (Å²) in [7, 11) is 4.98. The Kier molecular flexibility index (Phi) is 12.9. The zero-order valence-corrected chi connectivity index (χ0v) is 29.2. The standard InChI is InChI=1S/C35H40Cl2N8O4/c1-38-21(7-6-14-46)15-39-17-29-34(48-2)44-27(19-41-29)25-10-4-8-23(32(25)36)24-9-5-11-26(33(24)37)28-20-42-30(35(45-28)49-3)18-40-16-22-12-13-31(47)43-22/h4-5,8-11,14,19-22,38-40H,6-7,12-13,15-18H2,1-3H3,(H,43,47). The van der Waals surface area contributed by atoms with E-state index in [1.807, 2.05) is 43.4 Å². The molecule has 0 aliphatic carbocycles. The van der Waals surface area contributed by atoms with Crippen molar-refractivity contribution in [3.63, 3.8) is 0 Å². The lowest BCUT2D eigenvalue weighted by Gasteiger charge is -2.17. The van der Waals surface area contributed by atoms with Gasteiger partial charge in [-0.05, 0) is 19.9 Å². The molecule has 49 heavy (non-hydrogen) atoms. The number of methoxy groups -OCH3 is 2. The normalized spacial score (nSPS) is 14.8. The maximum atomic E-state index is 11.5. The molecule has 14 heteroatoms. The number of nitrogens with zero attached hydrogens (tertiary/aromatic N) is 4.